The average molecular weight is 286 g/mol. The molecule has 2 aromatic rings. The SMILES string of the molecule is COc1ccc(COc2ccc(C(N)=O)cc2)cc1CN. The Bertz CT molecular complexity index is 624. The van der Waals surface area contributed by atoms with Gasteiger partial charge in [0.05, 0.1) is 7.11 Å². The standard InChI is InChI=1S/C16H18N2O3/c1-20-15-7-2-11(8-13(15)9-17)10-21-14-5-3-12(4-6-14)16(18)19/h2-8H,9-10,17H2,1H3,(H2,18,19). The van der Waals surface area contributed by atoms with Gasteiger partial charge in [0.2, 0.25) is 5.91 Å². The van der Waals surface area contributed by atoms with Gasteiger partial charge in [0.1, 0.15) is 18.1 Å². The molecule has 21 heavy (non-hydrogen) atoms. The molecule has 0 aromatic heterocycles. The fourth-order valence-corrected chi connectivity index (χ4v) is 1.96. The molecule has 2 aromatic carbocycles. The molecule has 0 unspecified atom stereocenters. The summed E-state index contributed by atoms with van der Waals surface area (Å²) in [4.78, 5) is 11.0. The lowest BCUT2D eigenvalue weighted by atomic mass is 10.1. The van der Waals surface area contributed by atoms with Crippen molar-refractivity contribution in [1.82, 2.24) is 0 Å². The van der Waals surface area contributed by atoms with Crippen molar-refractivity contribution in [2.75, 3.05) is 7.11 Å². The summed E-state index contributed by atoms with van der Waals surface area (Å²) in [6, 6.07) is 12.5. The number of carbonyl (C=O) groups excluding carboxylic acids is 1. The van der Waals surface area contributed by atoms with Crippen LogP contribution in [0.5, 0.6) is 11.5 Å². The molecule has 0 bridgehead atoms. The fourth-order valence-electron chi connectivity index (χ4n) is 1.96. The summed E-state index contributed by atoms with van der Waals surface area (Å²) in [5, 5.41) is 0. The Morgan fingerprint density at radius 2 is 1.86 bits per heavy atom. The Balaban J connectivity index is 2.04. The van der Waals surface area contributed by atoms with Gasteiger partial charge in [-0.2, -0.15) is 0 Å². The number of hydrogen-bond donors (Lipinski definition) is 2. The summed E-state index contributed by atoms with van der Waals surface area (Å²) >= 11 is 0. The van der Waals surface area contributed by atoms with E-state index in [-0.39, 0.29) is 0 Å². The number of methoxy groups -OCH3 is 1. The van der Waals surface area contributed by atoms with E-state index in [0.29, 0.717) is 24.5 Å². The normalized spacial score (nSPS) is 10.2. The molecule has 0 spiro atoms. The van der Waals surface area contributed by atoms with Crippen molar-refractivity contribution in [2.24, 2.45) is 11.5 Å². The van der Waals surface area contributed by atoms with Crippen molar-refractivity contribution < 1.29 is 14.3 Å². The van der Waals surface area contributed by atoms with Crippen LogP contribution in [-0.4, -0.2) is 13.0 Å². The van der Waals surface area contributed by atoms with Crippen LogP contribution in [0.15, 0.2) is 42.5 Å². The molecular weight excluding hydrogens is 268 g/mol. The van der Waals surface area contributed by atoms with Crippen molar-refractivity contribution in [3.8, 4) is 11.5 Å². The van der Waals surface area contributed by atoms with E-state index in [2.05, 4.69) is 0 Å². The highest BCUT2D eigenvalue weighted by Gasteiger charge is 2.04. The minimum absolute atomic E-state index is 0.407. The quantitative estimate of drug-likeness (QED) is 0.848. The number of carbonyl (C=O) groups is 1. The molecule has 1 amide bonds. The van der Waals surface area contributed by atoms with Crippen LogP contribution >= 0.6 is 0 Å². The molecular formula is C16H18N2O3. The first kappa shape index (κ1) is 14.9. The van der Waals surface area contributed by atoms with E-state index >= 15 is 0 Å². The van der Waals surface area contributed by atoms with Crippen LogP contribution in [0.4, 0.5) is 0 Å². The molecule has 110 valence electrons. The lowest BCUT2D eigenvalue weighted by Crippen LogP contribution is -2.10. The molecule has 0 heterocycles. The first-order valence-corrected chi connectivity index (χ1v) is 6.52. The van der Waals surface area contributed by atoms with Gasteiger partial charge in [0, 0.05) is 17.7 Å². The third-order valence-electron chi connectivity index (χ3n) is 3.11. The number of benzene rings is 2. The van der Waals surface area contributed by atoms with E-state index in [1.807, 2.05) is 18.2 Å². The Morgan fingerprint density at radius 1 is 1.14 bits per heavy atom. The molecule has 0 aliphatic carbocycles. The highest BCUT2D eigenvalue weighted by atomic mass is 16.5. The van der Waals surface area contributed by atoms with Crippen molar-refractivity contribution in [1.29, 1.82) is 0 Å². The Hall–Kier alpha value is -2.53. The summed E-state index contributed by atoms with van der Waals surface area (Å²) in [7, 11) is 1.62. The first-order valence-electron chi connectivity index (χ1n) is 6.52. The van der Waals surface area contributed by atoms with Crippen molar-refractivity contribution >= 4 is 5.91 Å². The number of ether oxygens (including phenoxy) is 2. The first-order chi connectivity index (χ1) is 10.1. The number of primary amides is 1. The summed E-state index contributed by atoms with van der Waals surface area (Å²) < 4.78 is 10.9. The van der Waals surface area contributed by atoms with Crippen molar-refractivity contribution in [2.45, 2.75) is 13.2 Å². The molecule has 0 aliphatic heterocycles. The van der Waals surface area contributed by atoms with Gasteiger partial charge >= 0.3 is 0 Å². The molecule has 0 atom stereocenters. The second-order valence-electron chi connectivity index (χ2n) is 4.53. The second-order valence-corrected chi connectivity index (χ2v) is 4.53. The highest BCUT2D eigenvalue weighted by molar-refractivity contribution is 5.92. The van der Waals surface area contributed by atoms with Gasteiger partial charge in [0.15, 0.2) is 0 Å². The van der Waals surface area contributed by atoms with Crippen LogP contribution in [0.3, 0.4) is 0 Å². The van der Waals surface area contributed by atoms with Gasteiger partial charge in [0.25, 0.3) is 0 Å². The van der Waals surface area contributed by atoms with Gasteiger partial charge in [-0.05, 0) is 42.0 Å². The van der Waals surface area contributed by atoms with E-state index in [1.165, 1.54) is 0 Å². The number of hydrogen-bond acceptors (Lipinski definition) is 4. The lowest BCUT2D eigenvalue weighted by molar-refractivity contribution is 0.100. The highest BCUT2D eigenvalue weighted by Crippen LogP contribution is 2.20. The van der Waals surface area contributed by atoms with Crippen LogP contribution in [0.2, 0.25) is 0 Å². The average Bonchev–Trinajstić information content (AvgIpc) is 2.52. The maximum absolute atomic E-state index is 11.0. The van der Waals surface area contributed by atoms with Crippen molar-refractivity contribution in [3.63, 3.8) is 0 Å². The fraction of sp³-hybridized carbons (Fsp3) is 0.188. The molecule has 4 N–H and O–H groups in total. The van der Waals surface area contributed by atoms with Crippen LogP contribution in [0, 0.1) is 0 Å². The Morgan fingerprint density at radius 3 is 2.43 bits per heavy atom. The Labute approximate surface area is 123 Å². The second kappa shape index (κ2) is 6.76. The third kappa shape index (κ3) is 3.73. The van der Waals surface area contributed by atoms with Crippen LogP contribution in [0.25, 0.3) is 0 Å². The summed E-state index contributed by atoms with van der Waals surface area (Å²) in [5.74, 6) is 0.987. The monoisotopic (exact) mass is 286 g/mol. The summed E-state index contributed by atoms with van der Waals surface area (Å²) in [6.07, 6.45) is 0. The van der Waals surface area contributed by atoms with E-state index < -0.39 is 5.91 Å². The van der Waals surface area contributed by atoms with Crippen molar-refractivity contribution in [3.05, 3.63) is 59.2 Å². The minimum atomic E-state index is -0.454. The Kier molecular flexibility index (Phi) is 4.79. The molecule has 0 aliphatic rings. The smallest absolute Gasteiger partial charge is 0.248 e. The van der Waals surface area contributed by atoms with Gasteiger partial charge in [-0.15, -0.1) is 0 Å². The van der Waals surface area contributed by atoms with Gasteiger partial charge in [-0.1, -0.05) is 6.07 Å². The number of amides is 1. The number of rotatable bonds is 6. The maximum Gasteiger partial charge on any atom is 0.248 e. The van der Waals surface area contributed by atoms with E-state index in [1.54, 1.807) is 31.4 Å². The van der Waals surface area contributed by atoms with E-state index in [4.69, 9.17) is 20.9 Å². The van der Waals surface area contributed by atoms with Crippen LogP contribution < -0.4 is 20.9 Å². The summed E-state index contributed by atoms with van der Waals surface area (Å²) in [5.41, 5.74) is 13.3. The van der Waals surface area contributed by atoms with E-state index in [9.17, 15) is 4.79 Å². The van der Waals surface area contributed by atoms with Crippen LogP contribution in [0.1, 0.15) is 21.5 Å². The molecule has 0 radical (unpaired) electrons. The minimum Gasteiger partial charge on any atom is -0.496 e. The zero-order valence-electron chi connectivity index (χ0n) is 11.8. The molecule has 0 fully saturated rings. The topological polar surface area (TPSA) is 87.6 Å². The lowest BCUT2D eigenvalue weighted by Gasteiger charge is -2.10. The third-order valence-corrected chi connectivity index (χ3v) is 3.11. The maximum atomic E-state index is 11.0. The zero-order valence-corrected chi connectivity index (χ0v) is 11.8. The van der Waals surface area contributed by atoms with Gasteiger partial charge in [-0.3, -0.25) is 4.79 Å². The predicted octanol–water partition coefficient (Wildman–Crippen LogP) is 1.83. The summed E-state index contributed by atoms with van der Waals surface area (Å²) in [6.45, 7) is 0.817. The number of nitrogens with two attached hydrogens (primary N) is 2. The van der Waals surface area contributed by atoms with Gasteiger partial charge in [-0.25, -0.2) is 0 Å². The van der Waals surface area contributed by atoms with Gasteiger partial charge < -0.3 is 20.9 Å². The van der Waals surface area contributed by atoms with E-state index in [0.717, 1.165) is 16.9 Å². The molecule has 2 rings (SSSR count). The molecule has 5 heteroatoms. The molecule has 5 nitrogen and oxygen atoms in total. The molecule has 0 saturated carbocycles. The zero-order chi connectivity index (χ0) is 15.2. The molecule has 0 saturated heterocycles. The predicted molar refractivity (Wildman–Crippen MR) is 80.2 cm³/mol. The van der Waals surface area contributed by atoms with Crippen LogP contribution in [-0.2, 0) is 13.2 Å². The largest absolute Gasteiger partial charge is 0.496 e.